The van der Waals surface area contributed by atoms with Gasteiger partial charge in [0.05, 0.1) is 69.5 Å². The van der Waals surface area contributed by atoms with Crippen molar-refractivity contribution in [1.82, 2.24) is 41.7 Å². The van der Waals surface area contributed by atoms with Gasteiger partial charge in [-0.2, -0.15) is 0 Å². The molecular formula is C57H98N10O17. The zero-order chi connectivity index (χ0) is 62.0. The minimum absolute atomic E-state index is 0.0141. The molecule has 84 heavy (non-hydrogen) atoms. The number of nitrogens with one attached hydrogen (secondary N) is 6. The first-order chi connectivity index (χ1) is 40.0. The van der Waals surface area contributed by atoms with E-state index in [4.69, 9.17) is 20.9 Å². The number of hydrogen-bond acceptors (Lipinski definition) is 21. The number of nitrogens with zero attached hydrogens (tertiary/aromatic N) is 2. The van der Waals surface area contributed by atoms with Gasteiger partial charge in [0.2, 0.25) is 35.4 Å². The number of phenolic OH excluding ortho intramolecular Hbond substituents is 1. The number of amides is 6. The summed E-state index contributed by atoms with van der Waals surface area (Å²) in [6.45, 7) is 7.30. The number of Topliss-reactive ketones (excluding diaryl/α,β-unsaturated/α-hetero) is 1. The first kappa shape index (κ1) is 71.5. The van der Waals surface area contributed by atoms with E-state index in [-0.39, 0.29) is 82.4 Å². The summed E-state index contributed by atoms with van der Waals surface area (Å²) >= 11 is 0. The number of carbonyl (C=O) groups is 7. The van der Waals surface area contributed by atoms with E-state index < -0.39 is 140 Å². The third kappa shape index (κ3) is 22.4. The average molecular weight is 1200 g/mol. The number of fused-ring (bicyclic) bond motifs is 2. The van der Waals surface area contributed by atoms with Gasteiger partial charge in [-0.1, -0.05) is 77.8 Å². The van der Waals surface area contributed by atoms with Gasteiger partial charge in [-0.25, -0.2) is 0 Å². The van der Waals surface area contributed by atoms with E-state index in [1.807, 2.05) is 0 Å². The van der Waals surface area contributed by atoms with Gasteiger partial charge in [0.15, 0.2) is 0 Å². The van der Waals surface area contributed by atoms with E-state index >= 15 is 0 Å². The Morgan fingerprint density at radius 2 is 1.32 bits per heavy atom. The van der Waals surface area contributed by atoms with E-state index in [2.05, 4.69) is 52.7 Å². The number of hydrogen-bond donors (Lipinski definition) is 16. The van der Waals surface area contributed by atoms with Crippen LogP contribution in [-0.4, -0.2) is 237 Å². The average Bonchev–Trinajstić information content (AvgIpc) is 3.04. The second-order valence-electron chi connectivity index (χ2n) is 22.8. The fraction of sp³-hybridized carbons (Fsp3) is 0.772. The van der Waals surface area contributed by atoms with Crippen LogP contribution >= 0.6 is 0 Å². The highest BCUT2D eigenvalue weighted by atomic mass is 16.5. The Kier molecular flexibility index (Phi) is 31.4. The van der Waals surface area contributed by atoms with E-state index in [9.17, 15) is 74.4 Å². The van der Waals surface area contributed by atoms with Crippen LogP contribution in [0.3, 0.4) is 0 Å². The summed E-state index contributed by atoms with van der Waals surface area (Å²) in [6.07, 6.45) is -6.40. The van der Waals surface area contributed by atoms with Crippen molar-refractivity contribution in [3.05, 3.63) is 29.8 Å². The Labute approximate surface area is 492 Å². The number of ether oxygens (including phenoxy) is 2. The lowest BCUT2D eigenvalue weighted by Crippen LogP contribution is -2.65. The third-order valence-electron chi connectivity index (χ3n) is 15.9. The molecule has 0 saturated carbocycles. The van der Waals surface area contributed by atoms with E-state index in [0.717, 1.165) is 48.3 Å². The monoisotopic (exact) mass is 1190 g/mol. The molecule has 27 heteroatoms. The summed E-state index contributed by atoms with van der Waals surface area (Å²) < 4.78 is 11.0. The SMILES string of the molecule is CCC(C)CC(C)CCCCCCCCC(=O)CNC1C[C@@H](O)C(NCCOCCOCCN)NC(=O)C2[C@@H](O)CCN2C(=O)C([C@H](O)CCN)NC(=O)C([C@H](O)[C@@H](O)c2ccc(O)cc2)NC(=O)C2C[C@@H](O)CN2C(=O)C([C@@H](C)O)NC1=O. The lowest BCUT2D eigenvalue weighted by Gasteiger charge is -2.35. The minimum atomic E-state index is -2.29. The fourth-order valence-electron chi connectivity index (χ4n) is 10.8. The van der Waals surface area contributed by atoms with Crippen molar-refractivity contribution in [1.29, 1.82) is 0 Å². The van der Waals surface area contributed by atoms with Crippen molar-refractivity contribution >= 4 is 41.2 Å². The first-order valence-electron chi connectivity index (χ1n) is 29.9. The molecule has 3 aliphatic heterocycles. The summed E-state index contributed by atoms with van der Waals surface area (Å²) in [5.74, 6) is -6.03. The van der Waals surface area contributed by atoms with Gasteiger partial charge in [-0.05, 0) is 68.7 Å². The van der Waals surface area contributed by atoms with Crippen LogP contribution in [0.5, 0.6) is 5.75 Å². The molecule has 478 valence electrons. The maximum absolute atomic E-state index is 14.7. The largest absolute Gasteiger partial charge is 0.508 e. The van der Waals surface area contributed by atoms with Gasteiger partial charge in [0.25, 0.3) is 0 Å². The highest BCUT2D eigenvalue weighted by molar-refractivity contribution is 5.98. The minimum Gasteiger partial charge on any atom is -0.508 e. The maximum Gasteiger partial charge on any atom is 0.248 e. The highest BCUT2D eigenvalue weighted by Gasteiger charge is 2.49. The number of benzene rings is 1. The molecule has 4 rings (SSSR count). The number of unbranched alkanes of at least 4 members (excludes halogenated alkanes) is 5. The summed E-state index contributed by atoms with van der Waals surface area (Å²) in [5, 5.41) is 106. The van der Waals surface area contributed by atoms with Crippen molar-refractivity contribution in [3.8, 4) is 5.75 Å². The maximum atomic E-state index is 14.7. The van der Waals surface area contributed by atoms with Crippen LogP contribution in [0.1, 0.15) is 129 Å². The number of aliphatic hydroxyl groups excluding tert-OH is 7. The lowest BCUT2D eigenvalue weighted by atomic mass is 9.91. The van der Waals surface area contributed by atoms with Crippen LogP contribution in [-0.2, 0) is 43.0 Å². The summed E-state index contributed by atoms with van der Waals surface area (Å²) in [5.41, 5.74) is 11.2. The summed E-state index contributed by atoms with van der Waals surface area (Å²) in [6, 6.07) is -6.32. The number of aromatic hydroxyl groups is 1. The molecule has 1 aromatic carbocycles. The van der Waals surface area contributed by atoms with Gasteiger partial charge < -0.3 is 92.9 Å². The first-order valence-corrected chi connectivity index (χ1v) is 29.9. The van der Waals surface area contributed by atoms with Crippen LogP contribution in [0.25, 0.3) is 0 Å². The smallest absolute Gasteiger partial charge is 0.248 e. The predicted molar refractivity (Wildman–Crippen MR) is 307 cm³/mol. The van der Waals surface area contributed by atoms with Crippen molar-refractivity contribution in [2.45, 2.75) is 203 Å². The molecule has 16 atom stereocenters. The van der Waals surface area contributed by atoms with Gasteiger partial charge in [-0.15, -0.1) is 0 Å². The van der Waals surface area contributed by atoms with Gasteiger partial charge in [0, 0.05) is 45.4 Å². The number of aliphatic hydroxyl groups is 7. The van der Waals surface area contributed by atoms with Gasteiger partial charge in [-0.3, -0.25) is 44.2 Å². The van der Waals surface area contributed by atoms with Crippen LogP contribution in [0.2, 0.25) is 0 Å². The predicted octanol–water partition coefficient (Wildman–Crippen LogP) is -3.24. The number of rotatable bonds is 31. The normalized spacial score (nSPS) is 27.3. The van der Waals surface area contributed by atoms with Crippen LogP contribution in [0.15, 0.2) is 24.3 Å². The molecule has 18 N–H and O–H groups in total. The topological polar surface area (TPSA) is 430 Å². The van der Waals surface area contributed by atoms with Crippen LogP contribution in [0, 0.1) is 11.8 Å². The fourth-order valence-corrected chi connectivity index (χ4v) is 10.8. The zero-order valence-electron chi connectivity index (χ0n) is 49.3. The van der Waals surface area contributed by atoms with Gasteiger partial charge >= 0.3 is 0 Å². The Hall–Kier alpha value is -5.01. The van der Waals surface area contributed by atoms with E-state index in [0.29, 0.717) is 31.4 Å². The lowest BCUT2D eigenvalue weighted by molar-refractivity contribution is -0.148. The van der Waals surface area contributed by atoms with Gasteiger partial charge in [0.1, 0.15) is 60.1 Å². The highest BCUT2D eigenvalue weighted by Crippen LogP contribution is 2.27. The Morgan fingerprint density at radius 3 is 1.98 bits per heavy atom. The molecule has 0 radical (unpaired) electrons. The molecule has 0 aliphatic carbocycles. The third-order valence-corrected chi connectivity index (χ3v) is 15.9. The molecule has 6 amide bonds. The summed E-state index contributed by atoms with van der Waals surface area (Å²) in [7, 11) is 0. The molecule has 9 unspecified atom stereocenters. The molecule has 3 aliphatic rings. The number of ketones is 1. The molecular weight excluding hydrogens is 1100 g/mol. The number of carbonyl (C=O) groups excluding carboxylic acids is 7. The Bertz CT molecular complexity index is 2200. The second kappa shape index (κ2) is 36.9. The molecule has 3 fully saturated rings. The zero-order valence-corrected chi connectivity index (χ0v) is 49.3. The molecule has 0 bridgehead atoms. The van der Waals surface area contributed by atoms with E-state index in [1.165, 1.54) is 44.0 Å². The van der Waals surface area contributed by atoms with Crippen molar-refractivity contribution in [3.63, 3.8) is 0 Å². The van der Waals surface area contributed by atoms with Crippen molar-refractivity contribution in [2.24, 2.45) is 23.3 Å². The molecule has 1 aromatic rings. The Balaban J connectivity index is 1.73. The number of nitrogens with two attached hydrogens (primary N) is 2. The van der Waals surface area contributed by atoms with Crippen molar-refractivity contribution < 1.29 is 83.9 Å². The molecule has 27 nitrogen and oxygen atoms in total. The molecule has 0 aromatic heterocycles. The van der Waals surface area contributed by atoms with Crippen LogP contribution < -0.4 is 43.4 Å². The van der Waals surface area contributed by atoms with Crippen molar-refractivity contribution in [2.75, 3.05) is 65.7 Å². The van der Waals surface area contributed by atoms with E-state index in [1.54, 1.807) is 0 Å². The quantitative estimate of drug-likeness (QED) is 0.0325. The molecule has 3 heterocycles. The summed E-state index contributed by atoms with van der Waals surface area (Å²) in [4.78, 5) is 103. The second-order valence-corrected chi connectivity index (χ2v) is 22.8. The standard InChI is InChI=1S/C57H98N10O17/c1-5-33(2)28-34(3)12-10-8-6-7-9-11-13-38(70)31-61-40-30-44(74)51(60-22-25-84-27-26-83-24-21-59)65-55(80)48-43(73)19-23-66(48)57(82)46(42(72)18-20-58)63-54(79)47(50(76)49(75)36-14-16-37(69)17-15-36)64-53(78)41-29-39(71)32-67(41)56(81)45(35(4)68)62-52(40)77/h14-17,33-35,39-51,60-61,68-69,71-76H,5-13,18-32,58-59H2,1-4H3,(H,62,77)(H,63,79)(H,64,78)(H,65,80)/t33?,34?,35-,39-,40?,41?,42-,43+,44-,45?,46?,47?,48?,49+,50+,51?/m1/s1. The molecule has 3 saturated heterocycles. The van der Waals surface area contributed by atoms with Crippen LogP contribution in [0.4, 0.5) is 0 Å². The molecule has 0 spiro atoms. The Morgan fingerprint density at radius 1 is 0.690 bits per heavy atom. The number of phenols is 1.